The van der Waals surface area contributed by atoms with Crippen LogP contribution in [0, 0.1) is 6.92 Å². The first-order valence-electron chi connectivity index (χ1n) is 4.97. The second-order valence-corrected chi connectivity index (χ2v) is 4.57. The summed E-state index contributed by atoms with van der Waals surface area (Å²) in [6.07, 6.45) is 0. The number of hydrogen-bond donors (Lipinski definition) is 2. The molecule has 2 rings (SSSR count). The molecular weight excluding hydrogens is 240 g/mol. The molecule has 1 aliphatic rings. The van der Waals surface area contributed by atoms with Crippen molar-refractivity contribution in [1.82, 2.24) is 10.6 Å². The van der Waals surface area contributed by atoms with E-state index in [9.17, 15) is 0 Å². The second-order valence-electron chi connectivity index (χ2n) is 3.72. The predicted molar refractivity (Wildman–Crippen MR) is 62.5 cm³/mol. The largest absolute Gasteiger partial charge is 0.314 e. The van der Waals surface area contributed by atoms with Crippen molar-refractivity contribution in [2.24, 2.45) is 0 Å². The Morgan fingerprint density at radius 3 is 2.86 bits per heavy atom. The molecule has 1 fully saturated rings. The first kappa shape index (κ1) is 10.1. The molecule has 14 heavy (non-hydrogen) atoms. The summed E-state index contributed by atoms with van der Waals surface area (Å²) in [5, 5.41) is 6.89. The first-order valence-corrected chi connectivity index (χ1v) is 5.77. The van der Waals surface area contributed by atoms with Crippen LogP contribution in [-0.4, -0.2) is 19.6 Å². The van der Waals surface area contributed by atoms with Crippen molar-refractivity contribution >= 4 is 15.9 Å². The Labute approximate surface area is 93.2 Å². The quantitative estimate of drug-likeness (QED) is 0.802. The molecule has 1 heterocycles. The van der Waals surface area contributed by atoms with E-state index in [0.29, 0.717) is 6.04 Å². The average Bonchev–Trinajstić information content (AvgIpc) is 2.23. The smallest absolute Gasteiger partial charge is 0.0447 e. The summed E-state index contributed by atoms with van der Waals surface area (Å²) in [6.45, 7) is 5.26. The Kier molecular flexibility index (Phi) is 3.21. The van der Waals surface area contributed by atoms with E-state index in [1.165, 1.54) is 15.6 Å². The molecule has 1 aromatic carbocycles. The molecule has 0 bridgehead atoms. The number of benzene rings is 1. The van der Waals surface area contributed by atoms with Crippen LogP contribution in [-0.2, 0) is 0 Å². The van der Waals surface area contributed by atoms with Crippen molar-refractivity contribution < 1.29 is 0 Å². The maximum Gasteiger partial charge on any atom is 0.0447 e. The number of piperazine rings is 1. The predicted octanol–water partition coefficient (Wildman–Crippen LogP) is 1.99. The first-order chi connectivity index (χ1) is 6.77. The van der Waals surface area contributed by atoms with Crippen LogP contribution in [0.5, 0.6) is 0 Å². The number of rotatable bonds is 1. The van der Waals surface area contributed by atoms with Gasteiger partial charge in [0.25, 0.3) is 0 Å². The number of hydrogen-bond acceptors (Lipinski definition) is 2. The fourth-order valence-corrected chi connectivity index (χ4v) is 2.11. The molecule has 2 nitrogen and oxygen atoms in total. The molecule has 0 saturated carbocycles. The minimum Gasteiger partial charge on any atom is -0.314 e. The van der Waals surface area contributed by atoms with E-state index in [1.807, 2.05) is 0 Å². The van der Waals surface area contributed by atoms with Crippen molar-refractivity contribution in [3.63, 3.8) is 0 Å². The van der Waals surface area contributed by atoms with E-state index >= 15 is 0 Å². The minimum atomic E-state index is 0.459. The lowest BCUT2D eigenvalue weighted by atomic mass is 10.0. The van der Waals surface area contributed by atoms with Crippen LogP contribution < -0.4 is 10.6 Å². The van der Waals surface area contributed by atoms with Gasteiger partial charge in [0.05, 0.1) is 0 Å². The summed E-state index contributed by atoms with van der Waals surface area (Å²) in [5.41, 5.74) is 2.65. The lowest BCUT2D eigenvalue weighted by Crippen LogP contribution is -2.42. The van der Waals surface area contributed by atoms with Crippen molar-refractivity contribution in [3.8, 4) is 0 Å². The van der Waals surface area contributed by atoms with E-state index in [-0.39, 0.29) is 0 Å². The summed E-state index contributed by atoms with van der Waals surface area (Å²) in [5.74, 6) is 0. The van der Waals surface area contributed by atoms with Crippen LogP contribution in [0.4, 0.5) is 0 Å². The SMILES string of the molecule is Cc1ccc([C@@H]2CNCCN2)cc1Br. The van der Waals surface area contributed by atoms with Crippen LogP contribution in [0.3, 0.4) is 0 Å². The second kappa shape index (κ2) is 4.43. The Morgan fingerprint density at radius 1 is 1.36 bits per heavy atom. The maximum absolute atomic E-state index is 3.56. The molecular formula is C11H15BrN2. The van der Waals surface area contributed by atoms with E-state index in [0.717, 1.165) is 19.6 Å². The molecule has 0 radical (unpaired) electrons. The van der Waals surface area contributed by atoms with Gasteiger partial charge in [-0.3, -0.25) is 0 Å². The zero-order chi connectivity index (χ0) is 9.97. The lowest BCUT2D eigenvalue weighted by molar-refractivity contribution is 0.430. The molecule has 0 aliphatic carbocycles. The number of halogens is 1. The molecule has 0 unspecified atom stereocenters. The van der Waals surface area contributed by atoms with Gasteiger partial charge in [-0.2, -0.15) is 0 Å². The van der Waals surface area contributed by atoms with Crippen molar-refractivity contribution in [1.29, 1.82) is 0 Å². The maximum atomic E-state index is 3.56. The zero-order valence-corrected chi connectivity index (χ0v) is 9.89. The van der Waals surface area contributed by atoms with Gasteiger partial charge in [0.1, 0.15) is 0 Å². The number of nitrogens with one attached hydrogen (secondary N) is 2. The molecule has 0 amide bonds. The highest BCUT2D eigenvalue weighted by molar-refractivity contribution is 9.10. The minimum absolute atomic E-state index is 0.459. The summed E-state index contributed by atoms with van der Waals surface area (Å²) < 4.78 is 1.20. The highest BCUT2D eigenvalue weighted by Crippen LogP contribution is 2.22. The zero-order valence-electron chi connectivity index (χ0n) is 8.31. The third-order valence-corrected chi connectivity index (χ3v) is 3.49. The van der Waals surface area contributed by atoms with Gasteiger partial charge < -0.3 is 10.6 Å². The third kappa shape index (κ3) is 2.16. The van der Waals surface area contributed by atoms with Gasteiger partial charge in [-0.15, -0.1) is 0 Å². The fourth-order valence-electron chi connectivity index (χ4n) is 1.71. The van der Waals surface area contributed by atoms with Gasteiger partial charge in [-0.1, -0.05) is 28.1 Å². The number of aryl methyl sites for hydroxylation is 1. The van der Waals surface area contributed by atoms with Crippen molar-refractivity contribution in [2.75, 3.05) is 19.6 Å². The van der Waals surface area contributed by atoms with E-state index < -0.39 is 0 Å². The summed E-state index contributed by atoms with van der Waals surface area (Å²) in [7, 11) is 0. The molecule has 0 aromatic heterocycles. The van der Waals surface area contributed by atoms with Gasteiger partial charge in [-0.05, 0) is 24.1 Å². The molecule has 1 saturated heterocycles. The molecule has 1 atom stereocenters. The summed E-state index contributed by atoms with van der Waals surface area (Å²) >= 11 is 3.56. The van der Waals surface area contributed by atoms with Gasteiger partial charge in [0.2, 0.25) is 0 Å². The van der Waals surface area contributed by atoms with Crippen LogP contribution in [0.1, 0.15) is 17.2 Å². The monoisotopic (exact) mass is 254 g/mol. The lowest BCUT2D eigenvalue weighted by Gasteiger charge is -2.25. The Morgan fingerprint density at radius 2 is 2.21 bits per heavy atom. The molecule has 76 valence electrons. The van der Waals surface area contributed by atoms with Gasteiger partial charge in [0.15, 0.2) is 0 Å². The van der Waals surface area contributed by atoms with Gasteiger partial charge in [0, 0.05) is 30.1 Å². The van der Waals surface area contributed by atoms with Crippen LogP contribution >= 0.6 is 15.9 Å². The van der Waals surface area contributed by atoms with Gasteiger partial charge >= 0.3 is 0 Å². The van der Waals surface area contributed by atoms with E-state index in [1.54, 1.807) is 0 Å². The Hall–Kier alpha value is -0.380. The standard InChI is InChI=1S/C11H15BrN2/c1-8-2-3-9(6-10(8)12)11-7-13-4-5-14-11/h2-3,6,11,13-14H,4-5,7H2,1H3/t11-/m0/s1. The summed E-state index contributed by atoms with van der Waals surface area (Å²) in [4.78, 5) is 0. The van der Waals surface area contributed by atoms with Crippen LogP contribution in [0.15, 0.2) is 22.7 Å². The molecule has 2 N–H and O–H groups in total. The average molecular weight is 255 g/mol. The molecule has 1 aliphatic heterocycles. The van der Waals surface area contributed by atoms with E-state index in [4.69, 9.17) is 0 Å². The molecule has 1 aromatic rings. The highest BCUT2D eigenvalue weighted by Gasteiger charge is 2.14. The van der Waals surface area contributed by atoms with E-state index in [2.05, 4.69) is 51.7 Å². The van der Waals surface area contributed by atoms with Crippen molar-refractivity contribution in [3.05, 3.63) is 33.8 Å². The normalized spacial score (nSPS) is 22.3. The van der Waals surface area contributed by atoms with Gasteiger partial charge in [-0.25, -0.2) is 0 Å². The highest BCUT2D eigenvalue weighted by atomic mass is 79.9. The summed E-state index contributed by atoms with van der Waals surface area (Å²) in [6, 6.07) is 7.03. The molecule has 0 spiro atoms. The Bertz CT molecular complexity index is 319. The Balaban J connectivity index is 2.18. The van der Waals surface area contributed by atoms with Crippen LogP contribution in [0.2, 0.25) is 0 Å². The topological polar surface area (TPSA) is 24.1 Å². The third-order valence-electron chi connectivity index (χ3n) is 2.64. The van der Waals surface area contributed by atoms with Crippen molar-refractivity contribution in [2.45, 2.75) is 13.0 Å². The molecule has 3 heteroatoms. The van der Waals surface area contributed by atoms with Crippen LogP contribution in [0.25, 0.3) is 0 Å². The fraction of sp³-hybridized carbons (Fsp3) is 0.455.